The molecule has 23 heavy (non-hydrogen) atoms. The number of hydrogen-bond acceptors (Lipinski definition) is 4. The molecule has 8 heteroatoms. The summed E-state index contributed by atoms with van der Waals surface area (Å²) in [5, 5.41) is 17.2. The second-order valence-corrected chi connectivity index (χ2v) is 6.33. The van der Waals surface area contributed by atoms with Crippen LogP contribution in [0.4, 0.5) is 0 Å². The highest BCUT2D eigenvalue weighted by Crippen LogP contribution is 2.22. The lowest BCUT2D eigenvalue weighted by Gasteiger charge is -2.20. The van der Waals surface area contributed by atoms with Crippen LogP contribution < -0.4 is 0 Å². The van der Waals surface area contributed by atoms with Crippen LogP contribution in [0.25, 0.3) is 5.69 Å². The lowest BCUT2D eigenvalue weighted by atomic mass is 10.2. The van der Waals surface area contributed by atoms with Crippen LogP contribution in [0.3, 0.4) is 0 Å². The maximum atomic E-state index is 12.6. The zero-order valence-corrected chi connectivity index (χ0v) is 14.0. The monoisotopic (exact) mass is 378 g/mol. The van der Waals surface area contributed by atoms with Gasteiger partial charge in [0.05, 0.1) is 11.4 Å². The molecular formula is C15H15BrN4O3. The number of benzene rings is 1. The zero-order valence-electron chi connectivity index (χ0n) is 12.4. The normalized spacial score (nSPS) is 17.5. The predicted molar refractivity (Wildman–Crippen MR) is 85.5 cm³/mol. The average molecular weight is 379 g/mol. The molecule has 0 spiro atoms. The van der Waals surface area contributed by atoms with Crippen molar-refractivity contribution in [2.24, 2.45) is 0 Å². The first-order valence-electron chi connectivity index (χ1n) is 7.21. The molecule has 3 rings (SSSR count). The van der Waals surface area contributed by atoms with Gasteiger partial charge in [-0.3, -0.25) is 4.79 Å². The predicted octanol–water partition coefficient (Wildman–Crippen LogP) is 2.03. The summed E-state index contributed by atoms with van der Waals surface area (Å²) in [4.78, 5) is 25.3. The topological polar surface area (TPSA) is 88.3 Å². The fourth-order valence-corrected chi connectivity index (χ4v) is 3.17. The Bertz CT molecular complexity index is 774. The van der Waals surface area contributed by atoms with E-state index in [4.69, 9.17) is 0 Å². The van der Waals surface area contributed by atoms with Crippen molar-refractivity contribution in [2.75, 3.05) is 6.54 Å². The molecule has 1 aromatic carbocycles. The van der Waals surface area contributed by atoms with Gasteiger partial charge in [-0.1, -0.05) is 27.2 Å². The van der Waals surface area contributed by atoms with Crippen molar-refractivity contribution in [1.29, 1.82) is 0 Å². The van der Waals surface area contributed by atoms with Gasteiger partial charge in [0.25, 0.3) is 5.91 Å². The van der Waals surface area contributed by atoms with Gasteiger partial charge in [-0.15, -0.1) is 5.10 Å². The van der Waals surface area contributed by atoms with E-state index in [1.165, 1.54) is 4.90 Å². The molecule has 1 aliphatic heterocycles. The Labute approximate surface area is 141 Å². The minimum Gasteiger partial charge on any atom is -0.480 e. The van der Waals surface area contributed by atoms with E-state index in [2.05, 4.69) is 26.2 Å². The second kappa shape index (κ2) is 6.11. The molecule has 0 bridgehead atoms. The van der Waals surface area contributed by atoms with Crippen molar-refractivity contribution in [3.05, 3.63) is 40.1 Å². The molecule has 1 aliphatic rings. The van der Waals surface area contributed by atoms with Gasteiger partial charge in [0.15, 0.2) is 5.69 Å². The van der Waals surface area contributed by atoms with E-state index in [-0.39, 0.29) is 11.6 Å². The van der Waals surface area contributed by atoms with Crippen LogP contribution in [0.5, 0.6) is 0 Å². The Balaban J connectivity index is 1.93. The summed E-state index contributed by atoms with van der Waals surface area (Å²) in [5.74, 6) is -1.36. The van der Waals surface area contributed by atoms with Gasteiger partial charge in [0.1, 0.15) is 6.04 Å². The summed E-state index contributed by atoms with van der Waals surface area (Å²) < 4.78 is 2.47. The van der Waals surface area contributed by atoms with Gasteiger partial charge in [-0.2, -0.15) is 0 Å². The second-order valence-electron chi connectivity index (χ2n) is 5.41. The van der Waals surface area contributed by atoms with E-state index in [1.807, 2.05) is 24.3 Å². The van der Waals surface area contributed by atoms with E-state index < -0.39 is 12.0 Å². The molecule has 120 valence electrons. The quantitative estimate of drug-likeness (QED) is 0.882. The van der Waals surface area contributed by atoms with Gasteiger partial charge < -0.3 is 10.0 Å². The number of carboxylic acids is 1. The number of carbonyl (C=O) groups is 2. The standard InChI is InChI=1S/C15H15BrN4O3/c1-9-13(14(21)19-7-3-6-12(19)15(22)23)17-18-20(9)11-5-2-4-10(16)8-11/h2,4-5,8,12H,3,6-7H2,1H3,(H,22,23). The number of nitrogens with zero attached hydrogens (tertiary/aromatic N) is 4. The van der Waals surface area contributed by atoms with Crippen LogP contribution >= 0.6 is 15.9 Å². The van der Waals surface area contributed by atoms with Crippen LogP contribution in [0.15, 0.2) is 28.7 Å². The maximum Gasteiger partial charge on any atom is 0.326 e. The molecule has 1 unspecified atom stereocenters. The van der Waals surface area contributed by atoms with Gasteiger partial charge in [0.2, 0.25) is 0 Å². The first kappa shape index (κ1) is 15.7. The van der Waals surface area contributed by atoms with Crippen molar-refractivity contribution < 1.29 is 14.7 Å². The Morgan fingerprint density at radius 1 is 1.39 bits per heavy atom. The first-order chi connectivity index (χ1) is 11.0. The van der Waals surface area contributed by atoms with Gasteiger partial charge in [0, 0.05) is 11.0 Å². The van der Waals surface area contributed by atoms with Crippen LogP contribution in [0, 0.1) is 6.92 Å². The third-order valence-electron chi connectivity index (χ3n) is 3.95. The number of amides is 1. The van der Waals surface area contributed by atoms with Crippen molar-refractivity contribution in [3.8, 4) is 5.69 Å². The number of carbonyl (C=O) groups excluding carboxylic acids is 1. The van der Waals surface area contributed by atoms with Crippen molar-refractivity contribution >= 4 is 27.8 Å². The number of aliphatic carboxylic acids is 1. The molecule has 1 aromatic heterocycles. The lowest BCUT2D eigenvalue weighted by Crippen LogP contribution is -2.40. The third-order valence-corrected chi connectivity index (χ3v) is 4.44. The molecule has 0 aliphatic carbocycles. The first-order valence-corrected chi connectivity index (χ1v) is 8.00. The summed E-state index contributed by atoms with van der Waals surface area (Å²) in [5.41, 5.74) is 1.56. The van der Waals surface area contributed by atoms with Gasteiger partial charge >= 0.3 is 5.97 Å². The summed E-state index contributed by atoms with van der Waals surface area (Å²) in [7, 11) is 0. The third kappa shape index (κ3) is 2.86. The smallest absolute Gasteiger partial charge is 0.326 e. The van der Waals surface area contributed by atoms with Crippen LogP contribution in [0.1, 0.15) is 29.0 Å². The SMILES string of the molecule is Cc1c(C(=O)N2CCCC2C(=O)O)nnn1-c1cccc(Br)c1. The average Bonchev–Trinajstić information content (AvgIpc) is 3.13. The number of halogens is 1. The van der Waals surface area contributed by atoms with Crippen molar-refractivity contribution in [2.45, 2.75) is 25.8 Å². The summed E-state index contributed by atoms with van der Waals surface area (Å²) >= 11 is 3.40. The fourth-order valence-electron chi connectivity index (χ4n) is 2.78. The van der Waals surface area contributed by atoms with Gasteiger partial charge in [-0.25, -0.2) is 9.48 Å². The highest BCUT2D eigenvalue weighted by atomic mass is 79.9. The van der Waals surface area contributed by atoms with E-state index >= 15 is 0 Å². The molecule has 1 N–H and O–H groups in total. The van der Waals surface area contributed by atoms with Crippen LogP contribution in [-0.2, 0) is 4.79 Å². The van der Waals surface area contributed by atoms with E-state index in [0.29, 0.717) is 25.1 Å². The molecule has 2 heterocycles. The number of rotatable bonds is 3. The molecule has 1 amide bonds. The molecule has 1 fully saturated rings. The van der Waals surface area contributed by atoms with Crippen LogP contribution in [-0.4, -0.2) is 49.5 Å². The zero-order chi connectivity index (χ0) is 16.6. The molecule has 1 saturated heterocycles. The Morgan fingerprint density at radius 3 is 2.87 bits per heavy atom. The van der Waals surface area contributed by atoms with Crippen molar-refractivity contribution in [3.63, 3.8) is 0 Å². The molecular weight excluding hydrogens is 364 g/mol. The number of carboxylic acid groups (broad SMARTS) is 1. The minimum absolute atomic E-state index is 0.193. The lowest BCUT2D eigenvalue weighted by molar-refractivity contribution is -0.141. The maximum absolute atomic E-state index is 12.6. The minimum atomic E-state index is -0.979. The number of likely N-dealkylation sites (tertiary alicyclic amines) is 1. The van der Waals surface area contributed by atoms with Crippen molar-refractivity contribution in [1.82, 2.24) is 19.9 Å². The Kier molecular flexibility index (Phi) is 4.16. The van der Waals surface area contributed by atoms with E-state index in [9.17, 15) is 14.7 Å². The summed E-state index contributed by atoms with van der Waals surface area (Å²) in [6.45, 7) is 2.18. The summed E-state index contributed by atoms with van der Waals surface area (Å²) in [6.07, 6.45) is 1.15. The Hall–Kier alpha value is -2.22. The molecule has 1 atom stereocenters. The summed E-state index contributed by atoms with van der Waals surface area (Å²) in [6, 6.07) is 6.70. The van der Waals surface area contributed by atoms with E-state index in [0.717, 1.165) is 10.2 Å². The number of aromatic nitrogens is 3. The Morgan fingerprint density at radius 2 is 2.17 bits per heavy atom. The molecule has 0 radical (unpaired) electrons. The largest absolute Gasteiger partial charge is 0.480 e. The van der Waals surface area contributed by atoms with Crippen LogP contribution in [0.2, 0.25) is 0 Å². The molecule has 2 aromatic rings. The highest BCUT2D eigenvalue weighted by Gasteiger charge is 2.36. The fraction of sp³-hybridized carbons (Fsp3) is 0.333. The number of hydrogen-bond donors (Lipinski definition) is 1. The molecule has 7 nitrogen and oxygen atoms in total. The highest BCUT2D eigenvalue weighted by molar-refractivity contribution is 9.10. The van der Waals surface area contributed by atoms with Gasteiger partial charge in [-0.05, 0) is 38.0 Å². The molecule has 0 saturated carbocycles. The van der Waals surface area contributed by atoms with E-state index in [1.54, 1.807) is 11.6 Å².